The molecular weight excluding hydrogens is 284 g/mol. The molecule has 124 valence electrons. The molecule has 1 aromatic rings. The second-order valence-electron chi connectivity index (χ2n) is 7.06. The fourth-order valence-electron chi connectivity index (χ4n) is 3.84. The van der Waals surface area contributed by atoms with E-state index < -0.39 is 0 Å². The quantitative estimate of drug-likeness (QED) is 0.928. The van der Waals surface area contributed by atoms with Gasteiger partial charge in [0.05, 0.1) is 11.6 Å². The zero-order valence-corrected chi connectivity index (χ0v) is 14.0. The molecule has 2 N–H and O–H groups in total. The van der Waals surface area contributed by atoms with Gasteiger partial charge in [0.1, 0.15) is 0 Å². The van der Waals surface area contributed by atoms with Crippen LogP contribution >= 0.6 is 0 Å². The maximum absolute atomic E-state index is 9.03. The molecule has 1 heterocycles. The lowest BCUT2D eigenvalue weighted by molar-refractivity contribution is 0.217. The van der Waals surface area contributed by atoms with Crippen LogP contribution in [-0.4, -0.2) is 43.7 Å². The third-order valence-electron chi connectivity index (χ3n) is 5.46. The van der Waals surface area contributed by atoms with E-state index in [-0.39, 0.29) is 0 Å². The molecule has 0 radical (unpaired) electrons. The van der Waals surface area contributed by atoms with Crippen LogP contribution in [0.5, 0.6) is 0 Å². The number of hydrogen-bond donors (Lipinski definition) is 1. The number of piperazine rings is 1. The summed E-state index contributed by atoms with van der Waals surface area (Å²) < 4.78 is 0. The zero-order chi connectivity index (χ0) is 16.1. The van der Waals surface area contributed by atoms with Crippen molar-refractivity contribution in [3.05, 3.63) is 29.8 Å². The van der Waals surface area contributed by atoms with Crippen molar-refractivity contribution >= 4 is 5.69 Å². The van der Waals surface area contributed by atoms with Gasteiger partial charge < -0.3 is 10.6 Å². The van der Waals surface area contributed by atoms with E-state index in [9.17, 15) is 0 Å². The summed E-state index contributed by atoms with van der Waals surface area (Å²) in [4.78, 5) is 5.00. The minimum absolute atomic E-state index is 0.457. The van der Waals surface area contributed by atoms with Gasteiger partial charge in [-0.1, -0.05) is 6.07 Å². The van der Waals surface area contributed by atoms with Crippen molar-refractivity contribution in [2.24, 2.45) is 11.7 Å². The molecule has 2 aliphatic rings. The van der Waals surface area contributed by atoms with Crippen molar-refractivity contribution in [3.8, 4) is 6.07 Å². The minimum Gasteiger partial charge on any atom is -0.369 e. The fraction of sp³-hybridized carbons (Fsp3) is 0.632. The predicted molar refractivity (Wildman–Crippen MR) is 94.4 cm³/mol. The van der Waals surface area contributed by atoms with Gasteiger partial charge in [-0.05, 0) is 62.8 Å². The summed E-state index contributed by atoms with van der Waals surface area (Å²) in [5.74, 6) is 0.889. The van der Waals surface area contributed by atoms with E-state index in [1.54, 1.807) is 0 Å². The van der Waals surface area contributed by atoms with Crippen molar-refractivity contribution in [1.82, 2.24) is 4.90 Å². The molecule has 3 rings (SSSR count). The van der Waals surface area contributed by atoms with E-state index in [2.05, 4.69) is 21.9 Å². The van der Waals surface area contributed by atoms with Crippen LogP contribution in [0.4, 0.5) is 5.69 Å². The zero-order valence-electron chi connectivity index (χ0n) is 14.0. The predicted octanol–water partition coefficient (Wildman–Crippen LogP) is 2.59. The first kappa shape index (κ1) is 16.3. The molecule has 1 aliphatic heterocycles. The van der Waals surface area contributed by atoms with E-state index in [0.29, 0.717) is 6.04 Å². The Balaban J connectivity index is 1.42. The van der Waals surface area contributed by atoms with Crippen LogP contribution in [0.1, 0.15) is 37.7 Å². The van der Waals surface area contributed by atoms with Crippen molar-refractivity contribution < 1.29 is 0 Å². The van der Waals surface area contributed by atoms with Crippen molar-refractivity contribution in [1.29, 1.82) is 5.26 Å². The highest BCUT2D eigenvalue weighted by atomic mass is 15.3. The van der Waals surface area contributed by atoms with Gasteiger partial charge in [0.15, 0.2) is 0 Å². The molecule has 1 saturated heterocycles. The van der Waals surface area contributed by atoms with E-state index in [0.717, 1.165) is 37.7 Å². The summed E-state index contributed by atoms with van der Waals surface area (Å²) in [6, 6.07) is 10.7. The first-order valence-electron chi connectivity index (χ1n) is 8.97. The number of nitriles is 1. The number of benzene rings is 1. The Bertz CT molecular complexity index is 535. The van der Waals surface area contributed by atoms with Crippen LogP contribution in [0.3, 0.4) is 0 Å². The Kier molecular flexibility index (Phi) is 5.53. The van der Waals surface area contributed by atoms with Gasteiger partial charge in [-0.25, -0.2) is 0 Å². The molecule has 0 spiro atoms. The summed E-state index contributed by atoms with van der Waals surface area (Å²) in [5.41, 5.74) is 7.93. The van der Waals surface area contributed by atoms with Gasteiger partial charge in [0, 0.05) is 37.9 Å². The van der Waals surface area contributed by atoms with Crippen LogP contribution in [0.2, 0.25) is 0 Å². The summed E-state index contributed by atoms with van der Waals surface area (Å²) >= 11 is 0. The Hall–Kier alpha value is -1.57. The molecule has 0 amide bonds. The number of rotatable bonds is 4. The minimum atomic E-state index is 0.457. The third-order valence-corrected chi connectivity index (χ3v) is 5.46. The van der Waals surface area contributed by atoms with E-state index >= 15 is 0 Å². The fourth-order valence-corrected chi connectivity index (χ4v) is 3.84. The highest BCUT2D eigenvalue weighted by Gasteiger charge is 2.21. The topological polar surface area (TPSA) is 56.3 Å². The summed E-state index contributed by atoms with van der Waals surface area (Å²) in [6.07, 6.45) is 6.40. The van der Waals surface area contributed by atoms with Gasteiger partial charge >= 0.3 is 0 Å². The average molecular weight is 312 g/mol. The molecular formula is C19H28N4. The second kappa shape index (κ2) is 7.81. The Morgan fingerprint density at radius 3 is 2.52 bits per heavy atom. The number of hydrogen-bond acceptors (Lipinski definition) is 4. The van der Waals surface area contributed by atoms with Gasteiger partial charge in [0.2, 0.25) is 0 Å². The van der Waals surface area contributed by atoms with Crippen molar-refractivity contribution in [3.63, 3.8) is 0 Å². The summed E-state index contributed by atoms with van der Waals surface area (Å²) in [6.45, 7) is 5.60. The first-order chi connectivity index (χ1) is 11.2. The average Bonchev–Trinajstić information content (AvgIpc) is 2.62. The van der Waals surface area contributed by atoms with Gasteiger partial charge in [0.25, 0.3) is 0 Å². The molecule has 0 unspecified atom stereocenters. The number of nitrogens with two attached hydrogens (primary N) is 1. The van der Waals surface area contributed by atoms with Gasteiger partial charge in [-0.3, -0.25) is 4.90 Å². The van der Waals surface area contributed by atoms with E-state index in [1.807, 2.05) is 18.2 Å². The molecule has 2 fully saturated rings. The van der Waals surface area contributed by atoms with Crippen molar-refractivity contribution in [2.75, 3.05) is 37.6 Å². The van der Waals surface area contributed by atoms with Crippen molar-refractivity contribution in [2.45, 2.75) is 38.1 Å². The van der Waals surface area contributed by atoms with Crippen LogP contribution in [0, 0.1) is 17.2 Å². The third kappa shape index (κ3) is 4.46. The highest BCUT2D eigenvalue weighted by molar-refractivity contribution is 5.51. The molecule has 1 saturated carbocycles. The Morgan fingerprint density at radius 2 is 1.83 bits per heavy atom. The standard InChI is InChI=1S/C19H28N4/c20-15-17-2-1-3-19(14-17)23-12-10-22(11-13-23)9-8-16-4-6-18(21)7-5-16/h1-3,14,16,18H,4-13,21H2. The van der Waals surface area contributed by atoms with Crippen LogP contribution in [-0.2, 0) is 0 Å². The highest BCUT2D eigenvalue weighted by Crippen LogP contribution is 2.26. The molecule has 0 aromatic heterocycles. The largest absolute Gasteiger partial charge is 0.369 e. The summed E-state index contributed by atoms with van der Waals surface area (Å²) in [7, 11) is 0. The van der Waals surface area contributed by atoms with Crippen LogP contribution < -0.4 is 10.6 Å². The van der Waals surface area contributed by atoms with E-state index in [4.69, 9.17) is 11.0 Å². The lowest BCUT2D eigenvalue weighted by atomic mass is 9.84. The first-order valence-corrected chi connectivity index (χ1v) is 8.97. The Labute approximate surface area is 139 Å². The number of anilines is 1. The lowest BCUT2D eigenvalue weighted by Crippen LogP contribution is -2.47. The van der Waals surface area contributed by atoms with Gasteiger partial charge in [-0.2, -0.15) is 5.26 Å². The van der Waals surface area contributed by atoms with Crippen LogP contribution in [0.15, 0.2) is 24.3 Å². The molecule has 4 heteroatoms. The molecule has 0 atom stereocenters. The lowest BCUT2D eigenvalue weighted by Gasteiger charge is -2.37. The molecule has 4 nitrogen and oxygen atoms in total. The second-order valence-corrected chi connectivity index (χ2v) is 7.06. The molecule has 0 bridgehead atoms. The van der Waals surface area contributed by atoms with E-state index in [1.165, 1.54) is 44.3 Å². The molecule has 1 aliphatic carbocycles. The maximum atomic E-state index is 9.03. The monoisotopic (exact) mass is 312 g/mol. The van der Waals surface area contributed by atoms with Crippen LogP contribution in [0.25, 0.3) is 0 Å². The smallest absolute Gasteiger partial charge is 0.0992 e. The summed E-state index contributed by atoms with van der Waals surface area (Å²) in [5, 5.41) is 9.03. The Morgan fingerprint density at radius 1 is 1.09 bits per heavy atom. The molecule has 1 aromatic carbocycles. The normalized spacial score (nSPS) is 26.0. The van der Waals surface area contributed by atoms with Gasteiger partial charge in [-0.15, -0.1) is 0 Å². The SMILES string of the molecule is N#Cc1cccc(N2CCN(CCC3CCC(N)CC3)CC2)c1. The number of nitrogens with zero attached hydrogens (tertiary/aromatic N) is 3. The maximum Gasteiger partial charge on any atom is 0.0992 e. The molecule has 23 heavy (non-hydrogen) atoms.